The molecule has 0 saturated carbocycles. The molecule has 2 nitrogen and oxygen atoms in total. The number of H-pyrrole nitrogens is 1. The van der Waals surface area contributed by atoms with Crippen LogP contribution >= 0.6 is 0 Å². The van der Waals surface area contributed by atoms with Crippen molar-refractivity contribution in [2.24, 2.45) is 0 Å². The molecule has 134 valence electrons. The minimum Gasteiger partial charge on any atom is -0.337 e. The van der Waals surface area contributed by atoms with Gasteiger partial charge in [-0.05, 0) is 23.3 Å². The van der Waals surface area contributed by atoms with Gasteiger partial charge in [0.15, 0.2) is 0 Å². The number of aryl methyl sites for hydroxylation is 1. The zero-order valence-corrected chi connectivity index (χ0v) is 15.7. The first-order valence-corrected chi connectivity index (χ1v) is 9.51. The van der Waals surface area contributed by atoms with Crippen LogP contribution in [0.5, 0.6) is 0 Å². The number of hydrogen-bond acceptors (Lipinski definition) is 1. The summed E-state index contributed by atoms with van der Waals surface area (Å²) in [6.07, 6.45) is 0. The van der Waals surface area contributed by atoms with E-state index in [-0.39, 0.29) is 0 Å². The van der Waals surface area contributed by atoms with Crippen LogP contribution in [0.4, 0.5) is 0 Å². The summed E-state index contributed by atoms with van der Waals surface area (Å²) < 4.78 is 0. The third kappa shape index (κ3) is 2.80. The number of aromatic amines is 1. The molecule has 0 saturated heterocycles. The van der Waals surface area contributed by atoms with E-state index in [0.717, 1.165) is 33.9 Å². The average Bonchev–Trinajstić information content (AvgIpc) is 3.21. The molecular formula is C26H20N2. The SMILES string of the molecule is Cc1c(-c2nc(-c3ccccc3)c(-c3ccccc3)[nH]2)ccc2ccccc12. The van der Waals surface area contributed by atoms with Gasteiger partial charge in [0.05, 0.1) is 11.4 Å². The van der Waals surface area contributed by atoms with Gasteiger partial charge in [0.25, 0.3) is 0 Å². The fourth-order valence-electron chi connectivity index (χ4n) is 3.80. The van der Waals surface area contributed by atoms with Crippen LogP contribution in [-0.2, 0) is 0 Å². The summed E-state index contributed by atoms with van der Waals surface area (Å²) in [5.41, 5.74) is 6.66. The maximum Gasteiger partial charge on any atom is 0.138 e. The number of benzene rings is 4. The molecule has 4 aromatic carbocycles. The van der Waals surface area contributed by atoms with Crippen LogP contribution in [0.2, 0.25) is 0 Å². The van der Waals surface area contributed by atoms with Crippen molar-refractivity contribution in [3.63, 3.8) is 0 Å². The van der Waals surface area contributed by atoms with Crippen molar-refractivity contribution >= 4 is 10.8 Å². The summed E-state index contributed by atoms with van der Waals surface area (Å²) in [5.74, 6) is 0.904. The maximum atomic E-state index is 5.04. The van der Waals surface area contributed by atoms with Gasteiger partial charge in [-0.3, -0.25) is 0 Å². The third-order valence-electron chi connectivity index (χ3n) is 5.27. The van der Waals surface area contributed by atoms with E-state index < -0.39 is 0 Å². The molecule has 2 heteroatoms. The highest BCUT2D eigenvalue weighted by atomic mass is 14.9. The van der Waals surface area contributed by atoms with E-state index in [1.54, 1.807) is 0 Å². The lowest BCUT2D eigenvalue weighted by Crippen LogP contribution is -1.88. The van der Waals surface area contributed by atoms with E-state index in [9.17, 15) is 0 Å². The maximum absolute atomic E-state index is 5.04. The van der Waals surface area contributed by atoms with Crippen molar-refractivity contribution in [2.75, 3.05) is 0 Å². The van der Waals surface area contributed by atoms with Gasteiger partial charge in [-0.25, -0.2) is 4.98 Å². The minimum absolute atomic E-state index is 0.904. The first kappa shape index (κ1) is 16.5. The molecule has 5 rings (SSSR count). The number of rotatable bonds is 3. The van der Waals surface area contributed by atoms with Crippen LogP contribution in [0.25, 0.3) is 44.7 Å². The number of fused-ring (bicyclic) bond motifs is 1. The number of nitrogens with one attached hydrogen (secondary N) is 1. The summed E-state index contributed by atoms with van der Waals surface area (Å²) in [5, 5.41) is 2.51. The van der Waals surface area contributed by atoms with E-state index in [1.807, 2.05) is 12.1 Å². The molecule has 0 fully saturated rings. The van der Waals surface area contributed by atoms with Crippen molar-refractivity contribution in [3.8, 4) is 33.9 Å². The van der Waals surface area contributed by atoms with Crippen LogP contribution < -0.4 is 0 Å². The van der Waals surface area contributed by atoms with Crippen LogP contribution in [-0.4, -0.2) is 9.97 Å². The van der Waals surface area contributed by atoms with Crippen molar-refractivity contribution < 1.29 is 0 Å². The quantitative estimate of drug-likeness (QED) is 0.373. The molecule has 0 spiro atoms. The van der Waals surface area contributed by atoms with Gasteiger partial charge < -0.3 is 4.98 Å². The topological polar surface area (TPSA) is 28.7 Å². The highest BCUT2D eigenvalue weighted by molar-refractivity contribution is 5.91. The molecule has 1 N–H and O–H groups in total. The van der Waals surface area contributed by atoms with Crippen LogP contribution in [0.1, 0.15) is 5.56 Å². The molecule has 0 unspecified atom stereocenters. The smallest absolute Gasteiger partial charge is 0.138 e. The fraction of sp³-hybridized carbons (Fsp3) is 0.0385. The Morgan fingerprint density at radius 1 is 0.643 bits per heavy atom. The van der Waals surface area contributed by atoms with Crippen molar-refractivity contribution in [3.05, 3.63) is 103 Å². The molecule has 0 radical (unpaired) electrons. The number of nitrogens with zero attached hydrogens (tertiary/aromatic N) is 1. The van der Waals surface area contributed by atoms with E-state index in [0.29, 0.717) is 0 Å². The molecule has 0 bridgehead atoms. The predicted octanol–water partition coefficient (Wildman–Crippen LogP) is 6.87. The third-order valence-corrected chi connectivity index (χ3v) is 5.27. The zero-order valence-electron chi connectivity index (χ0n) is 15.7. The van der Waals surface area contributed by atoms with E-state index in [2.05, 4.69) is 96.8 Å². The summed E-state index contributed by atoms with van der Waals surface area (Å²) in [6.45, 7) is 2.17. The Morgan fingerprint density at radius 2 is 1.29 bits per heavy atom. The van der Waals surface area contributed by atoms with Crippen LogP contribution in [0.15, 0.2) is 97.1 Å². The molecular weight excluding hydrogens is 340 g/mol. The zero-order chi connectivity index (χ0) is 18.9. The van der Waals surface area contributed by atoms with Crippen molar-refractivity contribution in [1.82, 2.24) is 9.97 Å². The van der Waals surface area contributed by atoms with Gasteiger partial charge in [0.2, 0.25) is 0 Å². The van der Waals surface area contributed by atoms with Gasteiger partial charge in [0.1, 0.15) is 5.82 Å². The number of hydrogen-bond donors (Lipinski definition) is 1. The Morgan fingerprint density at radius 3 is 2.04 bits per heavy atom. The van der Waals surface area contributed by atoms with Gasteiger partial charge in [-0.15, -0.1) is 0 Å². The highest BCUT2D eigenvalue weighted by Crippen LogP contribution is 2.35. The number of imidazole rings is 1. The molecule has 1 aromatic heterocycles. The lowest BCUT2D eigenvalue weighted by Gasteiger charge is -2.07. The molecule has 0 atom stereocenters. The van der Waals surface area contributed by atoms with Gasteiger partial charge in [0, 0.05) is 16.7 Å². The van der Waals surface area contributed by atoms with Crippen molar-refractivity contribution in [2.45, 2.75) is 6.92 Å². The molecule has 0 amide bonds. The normalized spacial score (nSPS) is 11.0. The van der Waals surface area contributed by atoms with Gasteiger partial charge in [-0.2, -0.15) is 0 Å². The summed E-state index contributed by atoms with van der Waals surface area (Å²) in [6, 6.07) is 33.6. The molecule has 1 heterocycles. The molecule has 5 aromatic rings. The number of aromatic nitrogens is 2. The summed E-state index contributed by atoms with van der Waals surface area (Å²) >= 11 is 0. The Balaban J connectivity index is 1.74. The average molecular weight is 360 g/mol. The molecule has 0 aliphatic heterocycles. The van der Waals surface area contributed by atoms with Crippen LogP contribution in [0.3, 0.4) is 0 Å². The first-order chi connectivity index (χ1) is 13.8. The van der Waals surface area contributed by atoms with E-state index in [4.69, 9.17) is 4.98 Å². The lowest BCUT2D eigenvalue weighted by molar-refractivity contribution is 1.29. The highest BCUT2D eigenvalue weighted by Gasteiger charge is 2.16. The predicted molar refractivity (Wildman–Crippen MR) is 117 cm³/mol. The Hall–Kier alpha value is -3.65. The molecule has 28 heavy (non-hydrogen) atoms. The van der Waals surface area contributed by atoms with Gasteiger partial charge in [-0.1, -0.05) is 97.1 Å². The Labute approximate surface area is 164 Å². The van der Waals surface area contributed by atoms with E-state index >= 15 is 0 Å². The lowest BCUT2D eigenvalue weighted by atomic mass is 10.00. The summed E-state index contributed by atoms with van der Waals surface area (Å²) in [7, 11) is 0. The fourth-order valence-corrected chi connectivity index (χ4v) is 3.80. The second-order valence-electron chi connectivity index (χ2n) is 7.00. The van der Waals surface area contributed by atoms with Crippen LogP contribution in [0, 0.1) is 6.92 Å². The second-order valence-corrected chi connectivity index (χ2v) is 7.00. The Kier molecular flexibility index (Phi) is 4.02. The largest absolute Gasteiger partial charge is 0.337 e. The monoisotopic (exact) mass is 360 g/mol. The van der Waals surface area contributed by atoms with Crippen molar-refractivity contribution in [1.29, 1.82) is 0 Å². The molecule has 0 aliphatic carbocycles. The summed E-state index contributed by atoms with van der Waals surface area (Å²) in [4.78, 5) is 8.65. The molecule has 0 aliphatic rings. The standard InChI is InChI=1S/C26H20N2/c1-18-22-15-9-8-10-19(22)16-17-23(18)26-27-24(20-11-4-2-5-12-20)25(28-26)21-13-6-3-7-14-21/h2-17H,1H3,(H,27,28). The first-order valence-electron chi connectivity index (χ1n) is 9.51. The minimum atomic E-state index is 0.904. The van der Waals surface area contributed by atoms with Gasteiger partial charge >= 0.3 is 0 Å². The second kappa shape index (κ2) is 6.82. The Bertz CT molecular complexity index is 1190. The van der Waals surface area contributed by atoms with E-state index in [1.165, 1.54) is 16.3 Å².